The highest BCUT2D eigenvalue weighted by Crippen LogP contribution is 2.25. The molecule has 4 nitrogen and oxygen atoms in total. The molecule has 0 aliphatic heterocycles. The molecule has 1 unspecified atom stereocenters. The fourth-order valence-electron chi connectivity index (χ4n) is 2.05. The molecule has 0 spiro atoms. The number of benzene rings is 1. The average molecular weight is 341 g/mol. The van der Waals surface area contributed by atoms with Crippen molar-refractivity contribution in [2.45, 2.75) is 32.9 Å². The first-order chi connectivity index (χ1) is 9.47. The van der Waals surface area contributed by atoms with Gasteiger partial charge in [0.05, 0.1) is 0 Å². The summed E-state index contributed by atoms with van der Waals surface area (Å²) in [7, 11) is 0. The van der Waals surface area contributed by atoms with Crippen LogP contribution in [0.4, 0.5) is 4.39 Å². The van der Waals surface area contributed by atoms with Crippen LogP contribution in [0.3, 0.4) is 0 Å². The molecule has 1 atom stereocenters. The van der Waals surface area contributed by atoms with Gasteiger partial charge in [0.1, 0.15) is 18.0 Å². The quantitative estimate of drug-likeness (QED) is 0.909. The lowest BCUT2D eigenvalue weighted by molar-refractivity contribution is 0.459. The molecule has 0 saturated heterocycles. The summed E-state index contributed by atoms with van der Waals surface area (Å²) in [4.78, 5) is 4.26. The molecule has 0 bridgehead atoms. The van der Waals surface area contributed by atoms with E-state index in [1.54, 1.807) is 12.4 Å². The van der Waals surface area contributed by atoms with Crippen molar-refractivity contribution in [3.05, 3.63) is 46.2 Å². The van der Waals surface area contributed by atoms with Crippen LogP contribution in [0, 0.1) is 11.7 Å². The van der Waals surface area contributed by atoms with Crippen LogP contribution in [0.1, 0.15) is 31.3 Å². The molecule has 108 valence electrons. The molecule has 0 aliphatic rings. The SMILES string of the molecule is CC(C)Cn1ncnc1CC(N)c1ccc(F)cc1Br. The van der Waals surface area contributed by atoms with Crippen LogP contribution in [0.2, 0.25) is 0 Å². The number of nitrogens with zero attached hydrogens (tertiary/aromatic N) is 3. The molecule has 1 aromatic carbocycles. The summed E-state index contributed by atoms with van der Waals surface area (Å²) in [6.07, 6.45) is 2.11. The zero-order chi connectivity index (χ0) is 14.7. The third kappa shape index (κ3) is 3.64. The summed E-state index contributed by atoms with van der Waals surface area (Å²) in [6.45, 7) is 5.07. The molecule has 2 aromatic rings. The van der Waals surface area contributed by atoms with Crippen molar-refractivity contribution in [3.63, 3.8) is 0 Å². The van der Waals surface area contributed by atoms with Crippen molar-refractivity contribution >= 4 is 15.9 Å². The van der Waals surface area contributed by atoms with Gasteiger partial charge in [0.15, 0.2) is 0 Å². The van der Waals surface area contributed by atoms with Gasteiger partial charge >= 0.3 is 0 Å². The molecule has 0 saturated carbocycles. The predicted molar refractivity (Wildman–Crippen MR) is 79.6 cm³/mol. The van der Waals surface area contributed by atoms with Gasteiger partial charge in [-0.3, -0.25) is 0 Å². The van der Waals surface area contributed by atoms with Crippen molar-refractivity contribution in [1.82, 2.24) is 14.8 Å². The number of hydrogen-bond acceptors (Lipinski definition) is 3. The van der Waals surface area contributed by atoms with E-state index >= 15 is 0 Å². The first-order valence-electron chi connectivity index (χ1n) is 6.54. The predicted octanol–water partition coefficient (Wildman–Crippen LogP) is 3.08. The van der Waals surface area contributed by atoms with E-state index in [0.29, 0.717) is 16.8 Å². The van der Waals surface area contributed by atoms with Crippen molar-refractivity contribution in [3.8, 4) is 0 Å². The summed E-state index contributed by atoms with van der Waals surface area (Å²) in [5.74, 6) is 1.06. The molecule has 0 aliphatic carbocycles. The number of rotatable bonds is 5. The van der Waals surface area contributed by atoms with Crippen LogP contribution in [-0.4, -0.2) is 14.8 Å². The highest BCUT2D eigenvalue weighted by Gasteiger charge is 2.15. The maximum Gasteiger partial charge on any atom is 0.138 e. The largest absolute Gasteiger partial charge is 0.324 e. The lowest BCUT2D eigenvalue weighted by Gasteiger charge is -2.15. The van der Waals surface area contributed by atoms with E-state index in [-0.39, 0.29) is 11.9 Å². The van der Waals surface area contributed by atoms with Crippen LogP contribution in [0.5, 0.6) is 0 Å². The Bertz CT molecular complexity index is 582. The Hall–Kier alpha value is -1.27. The monoisotopic (exact) mass is 340 g/mol. The molecule has 1 aromatic heterocycles. The first kappa shape index (κ1) is 15.1. The second-order valence-electron chi connectivity index (χ2n) is 5.23. The van der Waals surface area contributed by atoms with E-state index in [1.165, 1.54) is 12.1 Å². The lowest BCUT2D eigenvalue weighted by Crippen LogP contribution is -2.18. The maximum absolute atomic E-state index is 13.1. The van der Waals surface area contributed by atoms with Crippen molar-refractivity contribution in [1.29, 1.82) is 0 Å². The third-order valence-electron chi connectivity index (χ3n) is 3.00. The van der Waals surface area contributed by atoms with E-state index in [1.807, 2.05) is 4.68 Å². The van der Waals surface area contributed by atoms with Gasteiger partial charge in [0.25, 0.3) is 0 Å². The van der Waals surface area contributed by atoms with Crippen molar-refractivity contribution in [2.75, 3.05) is 0 Å². The van der Waals surface area contributed by atoms with Crippen molar-refractivity contribution < 1.29 is 4.39 Å². The maximum atomic E-state index is 13.1. The molecule has 0 fully saturated rings. The van der Waals surface area contributed by atoms with Gasteiger partial charge in [0, 0.05) is 23.5 Å². The van der Waals surface area contributed by atoms with E-state index in [4.69, 9.17) is 5.73 Å². The molecule has 6 heteroatoms. The van der Waals surface area contributed by atoms with Gasteiger partial charge in [-0.15, -0.1) is 0 Å². The zero-order valence-corrected chi connectivity index (χ0v) is 13.1. The van der Waals surface area contributed by atoms with E-state index in [9.17, 15) is 4.39 Å². The molecule has 2 rings (SSSR count). The Morgan fingerprint density at radius 2 is 2.15 bits per heavy atom. The summed E-state index contributed by atoms with van der Waals surface area (Å²) >= 11 is 3.35. The van der Waals surface area contributed by atoms with Crippen LogP contribution in [0.25, 0.3) is 0 Å². The molecule has 20 heavy (non-hydrogen) atoms. The summed E-state index contributed by atoms with van der Waals surface area (Å²) in [5, 5.41) is 4.22. The number of aromatic nitrogens is 3. The van der Waals surface area contributed by atoms with Crippen LogP contribution in [-0.2, 0) is 13.0 Å². The van der Waals surface area contributed by atoms with Gasteiger partial charge in [-0.2, -0.15) is 5.10 Å². The standard InChI is InChI=1S/C14H18BrFN4/c1-9(2)7-20-14(18-8-19-20)6-13(17)11-4-3-10(16)5-12(11)15/h3-5,8-9,13H,6-7,17H2,1-2H3. The Balaban J connectivity index is 2.15. The topological polar surface area (TPSA) is 56.7 Å². The Morgan fingerprint density at radius 3 is 2.80 bits per heavy atom. The third-order valence-corrected chi connectivity index (χ3v) is 3.69. The van der Waals surface area contributed by atoms with Crippen molar-refractivity contribution in [2.24, 2.45) is 11.7 Å². The fourth-order valence-corrected chi connectivity index (χ4v) is 2.70. The van der Waals surface area contributed by atoms with Crippen LogP contribution in [0.15, 0.2) is 29.0 Å². The minimum absolute atomic E-state index is 0.250. The number of halogens is 2. The summed E-state index contributed by atoms with van der Waals surface area (Å²) in [6, 6.07) is 4.29. The molecular weight excluding hydrogens is 323 g/mol. The van der Waals surface area contributed by atoms with Crippen LogP contribution < -0.4 is 5.73 Å². The highest BCUT2D eigenvalue weighted by atomic mass is 79.9. The summed E-state index contributed by atoms with van der Waals surface area (Å²) in [5.41, 5.74) is 7.07. The Kier molecular flexibility index (Phi) is 4.88. The Labute approximate surface area is 126 Å². The summed E-state index contributed by atoms with van der Waals surface area (Å²) < 4.78 is 15.7. The van der Waals surface area contributed by atoms with Gasteiger partial charge < -0.3 is 5.73 Å². The second kappa shape index (κ2) is 6.45. The average Bonchev–Trinajstić information content (AvgIpc) is 2.75. The lowest BCUT2D eigenvalue weighted by atomic mass is 10.0. The molecule has 0 radical (unpaired) electrons. The number of nitrogens with two attached hydrogens (primary N) is 1. The Morgan fingerprint density at radius 1 is 1.40 bits per heavy atom. The molecular formula is C14H18BrFN4. The highest BCUT2D eigenvalue weighted by molar-refractivity contribution is 9.10. The van der Waals surface area contributed by atoms with Gasteiger partial charge in [-0.05, 0) is 23.6 Å². The smallest absolute Gasteiger partial charge is 0.138 e. The minimum atomic E-state index is -0.282. The van der Waals surface area contributed by atoms with E-state index in [0.717, 1.165) is 17.9 Å². The van der Waals surface area contributed by atoms with Crippen LogP contribution >= 0.6 is 15.9 Å². The fraction of sp³-hybridized carbons (Fsp3) is 0.429. The molecule has 2 N–H and O–H groups in total. The molecule has 1 heterocycles. The minimum Gasteiger partial charge on any atom is -0.324 e. The van der Waals surface area contributed by atoms with Gasteiger partial charge in [0.2, 0.25) is 0 Å². The normalized spacial score (nSPS) is 12.9. The second-order valence-corrected chi connectivity index (χ2v) is 6.08. The van der Waals surface area contributed by atoms with E-state index < -0.39 is 0 Å². The van der Waals surface area contributed by atoms with Gasteiger partial charge in [-0.1, -0.05) is 35.8 Å². The zero-order valence-electron chi connectivity index (χ0n) is 11.6. The number of hydrogen-bond donors (Lipinski definition) is 1. The van der Waals surface area contributed by atoms with E-state index in [2.05, 4.69) is 39.9 Å². The first-order valence-corrected chi connectivity index (χ1v) is 7.34. The molecule has 0 amide bonds. The van der Waals surface area contributed by atoms with Gasteiger partial charge in [-0.25, -0.2) is 14.1 Å².